The molecule has 0 radical (unpaired) electrons. The average Bonchev–Trinajstić information content (AvgIpc) is 2.39. The van der Waals surface area contributed by atoms with E-state index < -0.39 is 32.1 Å². The molecule has 3 N–H and O–H groups in total. The van der Waals surface area contributed by atoms with Gasteiger partial charge in [0, 0.05) is 0 Å². The molecular weight excluding hydrogens is 455 g/mol. The Morgan fingerprint density at radius 1 is 0.917 bits per heavy atom. The second-order valence-electron chi connectivity index (χ2n) is 4.00. The van der Waals surface area contributed by atoms with Gasteiger partial charge in [-0.25, -0.2) is 9.59 Å². The molecule has 14 heteroatoms. The highest BCUT2D eigenvalue weighted by molar-refractivity contribution is 6.68. The van der Waals surface area contributed by atoms with Gasteiger partial charge >= 0.3 is 12.2 Å². The molecule has 0 rings (SSSR count). The van der Waals surface area contributed by atoms with Crippen LogP contribution < -0.4 is 10.6 Å². The summed E-state index contributed by atoms with van der Waals surface area (Å²) < 4.78 is 4.68. The van der Waals surface area contributed by atoms with E-state index in [-0.39, 0.29) is 18.3 Å². The Hall–Kier alpha value is 0.200. The van der Waals surface area contributed by atoms with Crippen LogP contribution >= 0.6 is 69.6 Å². The summed E-state index contributed by atoms with van der Waals surface area (Å²) in [6.07, 6.45) is -5.53. The summed E-state index contributed by atoms with van der Waals surface area (Å²) >= 11 is 34.3. The Bertz CT molecular complexity index is 392. The predicted octanol–water partition coefficient (Wildman–Crippen LogP) is 3.56. The molecule has 2 atom stereocenters. The molecule has 0 heterocycles. The van der Waals surface area contributed by atoms with Crippen molar-refractivity contribution in [3.8, 4) is 0 Å². The Kier molecular flexibility index (Phi) is 10.5. The van der Waals surface area contributed by atoms with Crippen LogP contribution in [0.25, 0.3) is 0 Å². The van der Waals surface area contributed by atoms with E-state index in [0.717, 1.165) is 0 Å². The van der Waals surface area contributed by atoms with E-state index >= 15 is 0 Å². The number of nitrogens with zero attached hydrogens (tertiary/aromatic N) is 1. The summed E-state index contributed by atoms with van der Waals surface area (Å²) in [6.45, 7) is 3.09. The van der Waals surface area contributed by atoms with Crippen molar-refractivity contribution in [3.63, 3.8) is 0 Å². The molecule has 0 saturated carbocycles. The molecule has 142 valence electrons. The normalized spacial score (nSPS) is 14.8. The van der Waals surface area contributed by atoms with Gasteiger partial charge < -0.3 is 14.7 Å². The Balaban J connectivity index is 5.45. The van der Waals surface area contributed by atoms with Crippen molar-refractivity contribution in [3.05, 3.63) is 0 Å². The summed E-state index contributed by atoms with van der Waals surface area (Å²) in [6, 6.07) is 0. The fourth-order valence-corrected chi connectivity index (χ4v) is 2.24. The van der Waals surface area contributed by atoms with Crippen molar-refractivity contribution < 1.29 is 24.3 Å². The van der Waals surface area contributed by atoms with E-state index in [2.05, 4.69) is 20.1 Å². The minimum Gasteiger partial charge on any atom is -0.450 e. The van der Waals surface area contributed by atoms with Gasteiger partial charge in [-0.05, 0) is 13.8 Å². The standard InChI is InChI=1S/C10H15Cl6N3O5/c1-3-23-7(20)17-5(9(11,12)13)19(22)6(10(14,15)16)18-8(21)24-4-2/h5-6,22H,3-4H2,1-2H3,(H,17,20)(H,18,21)/t5-,6+. The molecule has 0 bridgehead atoms. The highest BCUT2D eigenvalue weighted by Crippen LogP contribution is 2.37. The number of carbonyl (C=O) groups excluding carboxylic acids is 2. The van der Waals surface area contributed by atoms with Gasteiger partial charge in [0.2, 0.25) is 7.59 Å². The maximum absolute atomic E-state index is 11.5. The summed E-state index contributed by atoms with van der Waals surface area (Å²) in [7, 11) is 0. The zero-order chi connectivity index (χ0) is 19.1. The van der Waals surface area contributed by atoms with Gasteiger partial charge in [0.05, 0.1) is 13.2 Å². The minimum absolute atomic E-state index is 0.0127. The summed E-state index contributed by atoms with van der Waals surface area (Å²) in [5, 5.41) is 14.5. The second-order valence-corrected chi connectivity index (χ2v) is 8.74. The molecular formula is C10H15Cl6N3O5. The zero-order valence-electron chi connectivity index (χ0n) is 12.4. The number of alkyl halides is 6. The average molecular weight is 470 g/mol. The van der Waals surface area contributed by atoms with Crippen molar-refractivity contribution in [2.75, 3.05) is 13.2 Å². The lowest BCUT2D eigenvalue weighted by Crippen LogP contribution is -2.64. The molecule has 0 aromatic rings. The first kappa shape index (κ1) is 24.2. The number of rotatable bonds is 6. The SMILES string of the molecule is CCOC(=O)N[C@H](N(O)[C@H](NC(=O)OCC)C(Cl)(Cl)Cl)C(Cl)(Cl)Cl. The molecule has 0 fully saturated rings. The number of hydrogen-bond acceptors (Lipinski definition) is 6. The van der Waals surface area contributed by atoms with E-state index in [0.29, 0.717) is 0 Å². The van der Waals surface area contributed by atoms with Crippen LogP contribution in [0.1, 0.15) is 13.8 Å². The molecule has 0 aromatic carbocycles. The number of carbonyl (C=O) groups is 2. The Morgan fingerprint density at radius 2 is 1.21 bits per heavy atom. The Morgan fingerprint density at radius 3 is 1.42 bits per heavy atom. The van der Waals surface area contributed by atoms with Crippen molar-refractivity contribution >= 4 is 81.8 Å². The van der Waals surface area contributed by atoms with Gasteiger partial charge in [0.1, 0.15) is 0 Å². The zero-order valence-corrected chi connectivity index (χ0v) is 16.9. The highest BCUT2D eigenvalue weighted by Gasteiger charge is 2.48. The minimum atomic E-state index is -2.29. The quantitative estimate of drug-likeness (QED) is 0.312. The van der Waals surface area contributed by atoms with E-state index in [1.807, 2.05) is 0 Å². The number of amides is 2. The maximum Gasteiger partial charge on any atom is 0.408 e. The first-order chi connectivity index (χ1) is 10.8. The number of hydrogen-bond donors (Lipinski definition) is 3. The third-order valence-corrected chi connectivity index (χ3v) is 3.45. The molecule has 2 amide bonds. The molecule has 0 aliphatic heterocycles. The van der Waals surface area contributed by atoms with Crippen LogP contribution in [-0.2, 0) is 9.47 Å². The summed E-state index contributed by atoms with van der Waals surface area (Å²) in [5.74, 6) is 0. The molecule has 0 spiro atoms. The van der Waals surface area contributed by atoms with Crippen LogP contribution in [0, 0.1) is 0 Å². The van der Waals surface area contributed by atoms with Crippen molar-refractivity contribution in [2.45, 2.75) is 33.8 Å². The number of ether oxygens (including phenoxy) is 2. The smallest absolute Gasteiger partial charge is 0.408 e. The first-order valence-corrected chi connectivity index (χ1v) is 8.58. The summed E-state index contributed by atoms with van der Waals surface area (Å²) in [4.78, 5) is 23.1. The molecule has 0 unspecified atom stereocenters. The van der Waals surface area contributed by atoms with Crippen LogP contribution in [0.4, 0.5) is 9.59 Å². The third kappa shape index (κ3) is 8.53. The predicted molar refractivity (Wildman–Crippen MR) is 92.1 cm³/mol. The molecule has 0 saturated heterocycles. The van der Waals surface area contributed by atoms with Gasteiger partial charge in [0.25, 0.3) is 0 Å². The fraction of sp³-hybridized carbons (Fsp3) is 0.800. The van der Waals surface area contributed by atoms with Crippen molar-refractivity contribution in [1.82, 2.24) is 15.7 Å². The number of halogens is 6. The summed E-state index contributed by atoms with van der Waals surface area (Å²) in [5.41, 5.74) is 0. The lowest BCUT2D eigenvalue weighted by atomic mass is 10.4. The first-order valence-electron chi connectivity index (χ1n) is 6.31. The van der Waals surface area contributed by atoms with E-state index in [1.54, 1.807) is 0 Å². The molecule has 24 heavy (non-hydrogen) atoms. The number of hydroxylamine groups is 2. The second kappa shape index (κ2) is 10.4. The monoisotopic (exact) mass is 467 g/mol. The van der Waals surface area contributed by atoms with Crippen molar-refractivity contribution in [1.29, 1.82) is 0 Å². The van der Waals surface area contributed by atoms with Gasteiger partial charge in [0.15, 0.2) is 12.3 Å². The molecule has 0 aliphatic rings. The van der Waals surface area contributed by atoms with Crippen LogP contribution in [0.5, 0.6) is 0 Å². The van der Waals surface area contributed by atoms with Crippen LogP contribution in [0.15, 0.2) is 0 Å². The van der Waals surface area contributed by atoms with Gasteiger partial charge in [-0.2, -0.15) is 0 Å². The molecule has 0 aliphatic carbocycles. The van der Waals surface area contributed by atoms with Crippen LogP contribution in [0.3, 0.4) is 0 Å². The molecule has 0 aromatic heterocycles. The fourth-order valence-electron chi connectivity index (χ4n) is 1.31. The number of nitrogens with one attached hydrogen (secondary N) is 2. The van der Waals surface area contributed by atoms with Crippen molar-refractivity contribution in [2.24, 2.45) is 0 Å². The lowest BCUT2D eigenvalue weighted by Gasteiger charge is -2.38. The number of alkyl carbamates (subject to hydrolysis) is 2. The van der Waals surface area contributed by atoms with E-state index in [1.165, 1.54) is 13.8 Å². The van der Waals surface area contributed by atoms with E-state index in [9.17, 15) is 14.8 Å². The van der Waals surface area contributed by atoms with Gasteiger partial charge in [-0.3, -0.25) is 10.6 Å². The topological polar surface area (TPSA) is 100 Å². The maximum atomic E-state index is 11.5. The highest BCUT2D eigenvalue weighted by atomic mass is 35.6. The lowest BCUT2D eigenvalue weighted by molar-refractivity contribution is -0.170. The third-order valence-electron chi connectivity index (χ3n) is 2.21. The van der Waals surface area contributed by atoms with Gasteiger partial charge in [-0.15, -0.1) is 5.06 Å². The van der Waals surface area contributed by atoms with Crippen LogP contribution in [0.2, 0.25) is 0 Å². The van der Waals surface area contributed by atoms with E-state index in [4.69, 9.17) is 69.6 Å². The largest absolute Gasteiger partial charge is 0.450 e. The Labute approximate surface area is 168 Å². The van der Waals surface area contributed by atoms with Gasteiger partial charge in [-0.1, -0.05) is 69.6 Å². The van der Waals surface area contributed by atoms with Crippen LogP contribution in [-0.4, -0.2) is 55.6 Å². The molecule has 8 nitrogen and oxygen atoms in total.